The van der Waals surface area contributed by atoms with E-state index in [1.165, 1.54) is 12.1 Å². The molecule has 0 aliphatic rings. The maximum absolute atomic E-state index is 13.5. The fourth-order valence-corrected chi connectivity index (χ4v) is 2.23. The molecule has 1 aromatic heterocycles. The van der Waals surface area contributed by atoms with Crippen molar-refractivity contribution >= 4 is 5.91 Å². The van der Waals surface area contributed by atoms with E-state index in [1.807, 2.05) is 0 Å². The van der Waals surface area contributed by atoms with Crippen molar-refractivity contribution in [3.63, 3.8) is 0 Å². The maximum atomic E-state index is 13.5. The summed E-state index contributed by atoms with van der Waals surface area (Å²) < 4.78 is 29.0. The van der Waals surface area contributed by atoms with Crippen molar-refractivity contribution in [3.8, 4) is 11.5 Å². The summed E-state index contributed by atoms with van der Waals surface area (Å²) >= 11 is 0. The van der Waals surface area contributed by atoms with E-state index >= 15 is 0 Å². The Morgan fingerprint density at radius 1 is 1.19 bits per heavy atom. The van der Waals surface area contributed by atoms with Crippen molar-refractivity contribution < 1.29 is 23.2 Å². The Kier molecular flexibility index (Phi) is 5.48. The zero-order valence-electron chi connectivity index (χ0n) is 14.1. The highest BCUT2D eigenvalue weighted by molar-refractivity contribution is 5.94. The molecule has 1 N–H and O–H groups in total. The Hall–Kier alpha value is -3.35. The van der Waals surface area contributed by atoms with Crippen LogP contribution in [-0.2, 0) is 13.2 Å². The number of amides is 1. The second kappa shape index (κ2) is 8.15. The van der Waals surface area contributed by atoms with Gasteiger partial charge in [0, 0.05) is 11.6 Å². The molecule has 7 heteroatoms. The Balaban J connectivity index is 1.51. The molecule has 0 saturated heterocycles. The fraction of sp³-hybridized carbons (Fsp3) is 0.158. The minimum Gasteiger partial charge on any atom is -0.497 e. The van der Waals surface area contributed by atoms with E-state index in [1.54, 1.807) is 49.6 Å². The van der Waals surface area contributed by atoms with Crippen LogP contribution in [0.3, 0.4) is 0 Å². The number of methoxy groups -OCH3 is 1. The Morgan fingerprint density at radius 2 is 1.96 bits per heavy atom. The zero-order chi connectivity index (χ0) is 18.4. The lowest BCUT2D eigenvalue weighted by atomic mass is 10.2. The molecule has 3 aromatic rings. The van der Waals surface area contributed by atoms with Crippen LogP contribution in [0.5, 0.6) is 11.5 Å². The summed E-state index contributed by atoms with van der Waals surface area (Å²) in [6, 6.07) is 14.5. The van der Waals surface area contributed by atoms with Crippen molar-refractivity contribution in [2.24, 2.45) is 0 Å². The molecular weight excluding hydrogens is 339 g/mol. The lowest BCUT2D eigenvalue weighted by Gasteiger charge is -2.04. The first-order valence-electron chi connectivity index (χ1n) is 7.90. The number of nitrogens with one attached hydrogen (secondary N) is 1. The summed E-state index contributed by atoms with van der Waals surface area (Å²) in [4.78, 5) is 12.1. The van der Waals surface area contributed by atoms with Crippen molar-refractivity contribution in [3.05, 3.63) is 77.4 Å². The van der Waals surface area contributed by atoms with Crippen LogP contribution in [0.25, 0.3) is 0 Å². The average molecular weight is 356 g/mol. The second-order valence-corrected chi connectivity index (χ2v) is 5.41. The Bertz CT molecular complexity index is 877. The van der Waals surface area contributed by atoms with Crippen molar-refractivity contribution in [1.82, 2.24) is 10.5 Å². The topological polar surface area (TPSA) is 73.6 Å². The van der Waals surface area contributed by atoms with Gasteiger partial charge in [-0.2, -0.15) is 0 Å². The summed E-state index contributed by atoms with van der Waals surface area (Å²) in [6.07, 6.45) is 0. The molecular formula is C19H17FN2O4. The smallest absolute Gasteiger partial charge is 0.251 e. The van der Waals surface area contributed by atoms with Crippen LogP contribution in [0.1, 0.15) is 21.8 Å². The van der Waals surface area contributed by atoms with Gasteiger partial charge in [0.05, 0.1) is 13.7 Å². The molecule has 3 rings (SSSR count). The number of rotatable bonds is 7. The normalized spacial score (nSPS) is 10.4. The van der Waals surface area contributed by atoms with Gasteiger partial charge < -0.3 is 19.3 Å². The quantitative estimate of drug-likeness (QED) is 0.703. The number of carbonyl (C=O) groups excluding carboxylic acids is 1. The molecule has 2 aromatic carbocycles. The SMILES string of the molecule is COc1ccc(C(=O)NCc2cc(COc3ccccc3F)no2)cc1. The van der Waals surface area contributed by atoms with E-state index in [2.05, 4.69) is 10.5 Å². The fourth-order valence-electron chi connectivity index (χ4n) is 2.23. The van der Waals surface area contributed by atoms with E-state index in [9.17, 15) is 9.18 Å². The van der Waals surface area contributed by atoms with Gasteiger partial charge in [-0.1, -0.05) is 17.3 Å². The standard InChI is InChI=1S/C19H17FN2O4/c1-24-15-8-6-13(7-9-15)19(23)21-11-16-10-14(22-26-16)12-25-18-5-3-2-4-17(18)20/h2-10H,11-12H2,1H3,(H,21,23). The van der Waals surface area contributed by atoms with Gasteiger partial charge in [-0.3, -0.25) is 4.79 Å². The predicted molar refractivity (Wildman–Crippen MR) is 91.4 cm³/mol. The van der Waals surface area contributed by atoms with Crippen LogP contribution in [0.2, 0.25) is 0 Å². The molecule has 0 bridgehead atoms. The first-order chi connectivity index (χ1) is 12.7. The molecule has 0 atom stereocenters. The lowest BCUT2D eigenvalue weighted by molar-refractivity contribution is 0.0947. The number of ether oxygens (including phenoxy) is 2. The number of hydrogen-bond acceptors (Lipinski definition) is 5. The van der Waals surface area contributed by atoms with E-state index in [4.69, 9.17) is 14.0 Å². The van der Waals surface area contributed by atoms with Gasteiger partial charge in [0.2, 0.25) is 0 Å². The number of halogens is 1. The highest BCUT2D eigenvalue weighted by Gasteiger charge is 2.10. The largest absolute Gasteiger partial charge is 0.497 e. The van der Waals surface area contributed by atoms with Crippen LogP contribution in [0.4, 0.5) is 4.39 Å². The van der Waals surface area contributed by atoms with Crippen LogP contribution in [-0.4, -0.2) is 18.2 Å². The van der Waals surface area contributed by atoms with E-state index in [0.717, 1.165) is 0 Å². The van der Waals surface area contributed by atoms with Gasteiger partial charge in [0.15, 0.2) is 17.3 Å². The minimum absolute atomic E-state index is 0.0663. The van der Waals surface area contributed by atoms with E-state index in [-0.39, 0.29) is 24.8 Å². The Morgan fingerprint density at radius 3 is 2.69 bits per heavy atom. The van der Waals surface area contributed by atoms with Crippen molar-refractivity contribution in [1.29, 1.82) is 0 Å². The molecule has 134 valence electrons. The molecule has 0 unspecified atom stereocenters. The molecule has 0 aliphatic heterocycles. The van der Waals surface area contributed by atoms with Gasteiger partial charge in [-0.25, -0.2) is 4.39 Å². The molecule has 1 amide bonds. The minimum atomic E-state index is -0.442. The van der Waals surface area contributed by atoms with E-state index < -0.39 is 5.82 Å². The van der Waals surface area contributed by atoms with Gasteiger partial charge in [-0.05, 0) is 36.4 Å². The van der Waals surface area contributed by atoms with Gasteiger partial charge in [-0.15, -0.1) is 0 Å². The van der Waals surface area contributed by atoms with Gasteiger partial charge >= 0.3 is 0 Å². The van der Waals surface area contributed by atoms with Crippen LogP contribution < -0.4 is 14.8 Å². The van der Waals surface area contributed by atoms with Gasteiger partial charge in [0.25, 0.3) is 5.91 Å². The number of aromatic nitrogens is 1. The highest BCUT2D eigenvalue weighted by atomic mass is 19.1. The Labute approximate surface area is 149 Å². The van der Waals surface area contributed by atoms with Crippen LogP contribution >= 0.6 is 0 Å². The van der Waals surface area contributed by atoms with Crippen LogP contribution in [0.15, 0.2) is 59.1 Å². The maximum Gasteiger partial charge on any atom is 0.251 e. The molecule has 0 radical (unpaired) electrons. The average Bonchev–Trinajstić information content (AvgIpc) is 3.13. The summed E-state index contributed by atoms with van der Waals surface area (Å²) in [5.41, 5.74) is 1.01. The first kappa shape index (κ1) is 17.5. The van der Waals surface area contributed by atoms with E-state index in [0.29, 0.717) is 22.8 Å². The zero-order valence-corrected chi connectivity index (χ0v) is 14.1. The number of carbonyl (C=O) groups is 1. The van der Waals surface area contributed by atoms with Crippen LogP contribution in [0, 0.1) is 5.82 Å². The molecule has 1 heterocycles. The second-order valence-electron chi connectivity index (χ2n) is 5.41. The molecule has 0 saturated carbocycles. The summed E-state index contributed by atoms with van der Waals surface area (Å²) in [5, 5.41) is 6.58. The number of nitrogens with zero attached hydrogens (tertiary/aromatic N) is 1. The van der Waals surface area contributed by atoms with Gasteiger partial charge in [0.1, 0.15) is 18.1 Å². The number of benzene rings is 2. The monoisotopic (exact) mass is 356 g/mol. The third-order valence-corrected chi connectivity index (χ3v) is 3.60. The van der Waals surface area contributed by atoms with Crippen molar-refractivity contribution in [2.75, 3.05) is 7.11 Å². The lowest BCUT2D eigenvalue weighted by Crippen LogP contribution is -2.22. The molecule has 0 fully saturated rings. The number of hydrogen-bond donors (Lipinski definition) is 1. The first-order valence-corrected chi connectivity index (χ1v) is 7.90. The predicted octanol–water partition coefficient (Wildman–Crippen LogP) is 3.33. The third kappa shape index (κ3) is 4.38. The molecule has 26 heavy (non-hydrogen) atoms. The summed E-state index contributed by atoms with van der Waals surface area (Å²) in [7, 11) is 1.56. The molecule has 0 spiro atoms. The number of para-hydroxylation sites is 1. The molecule has 0 aliphatic carbocycles. The third-order valence-electron chi connectivity index (χ3n) is 3.60. The van der Waals surface area contributed by atoms with Crippen molar-refractivity contribution in [2.45, 2.75) is 13.2 Å². The molecule has 6 nitrogen and oxygen atoms in total. The summed E-state index contributed by atoms with van der Waals surface area (Å²) in [5.74, 6) is 0.608. The summed E-state index contributed by atoms with van der Waals surface area (Å²) in [6.45, 7) is 0.244. The highest BCUT2D eigenvalue weighted by Crippen LogP contribution is 2.17.